The number of aliphatic hydroxyl groups excluding tert-OH is 1. The van der Waals surface area contributed by atoms with E-state index >= 15 is 0 Å². The molecule has 4 N–H and O–H groups in total. The van der Waals surface area contributed by atoms with E-state index in [2.05, 4.69) is 46.2 Å². The number of rotatable bonds is 3. The number of nitrogen functional groups attached to an aromatic ring is 1. The van der Waals surface area contributed by atoms with Crippen LogP contribution < -0.4 is 11.1 Å². The molecule has 138 valence electrons. The summed E-state index contributed by atoms with van der Waals surface area (Å²) in [5.41, 5.74) is 8.73. The number of nitrogens with zero attached hydrogens (tertiary/aromatic N) is 2. The van der Waals surface area contributed by atoms with Crippen LogP contribution in [0, 0.1) is 11.8 Å². The molecule has 1 fully saturated rings. The lowest BCUT2D eigenvalue weighted by atomic mass is 9.93. The summed E-state index contributed by atoms with van der Waals surface area (Å²) in [6.07, 6.45) is 5.94. The van der Waals surface area contributed by atoms with Crippen molar-refractivity contribution in [1.82, 2.24) is 9.97 Å². The van der Waals surface area contributed by atoms with Gasteiger partial charge in [0.25, 0.3) is 0 Å². The SMILES string of the molecule is CCc1ccc(C#Cc2cnc(N)nc2N[C@H]2CC[C@H](O)CC2)cc1.Cl. The smallest absolute Gasteiger partial charge is 0.222 e. The van der Waals surface area contributed by atoms with Crippen LogP contribution >= 0.6 is 12.4 Å². The first-order valence-corrected chi connectivity index (χ1v) is 8.82. The molecule has 0 bridgehead atoms. The predicted molar refractivity (Wildman–Crippen MR) is 107 cm³/mol. The minimum Gasteiger partial charge on any atom is -0.393 e. The highest BCUT2D eigenvalue weighted by Crippen LogP contribution is 2.23. The molecule has 6 heteroatoms. The molecule has 26 heavy (non-hydrogen) atoms. The van der Waals surface area contributed by atoms with Crippen molar-refractivity contribution in [3.63, 3.8) is 0 Å². The van der Waals surface area contributed by atoms with Gasteiger partial charge in [-0.1, -0.05) is 30.9 Å². The lowest BCUT2D eigenvalue weighted by Crippen LogP contribution is -2.29. The van der Waals surface area contributed by atoms with Gasteiger partial charge in [-0.2, -0.15) is 4.98 Å². The van der Waals surface area contributed by atoms with E-state index in [-0.39, 0.29) is 30.5 Å². The van der Waals surface area contributed by atoms with Crippen molar-refractivity contribution < 1.29 is 5.11 Å². The van der Waals surface area contributed by atoms with E-state index in [0.717, 1.165) is 43.2 Å². The first kappa shape index (κ1) is 20.0. The summed E-state index contributed by atoms with van der Waals surface area (Å²) in [6, 6.07) is 8.52. The predicted octanol–water partition coefficient (Wildman–Crippen LogP) is 3.16. The van der Waals surface area contributed by atoms with Gasteiger partial charge in [-0.05, 0) is 49.8 Å². The van der Waals surface area contributed by atoms with Gasteiger partial charge in [-0.25, -0.2) is 4.98 Å². The normalized spacial score (nSPS) is 19.0. The Morgan fingerprint density at radius 3 is 2.50 bits per heavy atom. The fourth-order valence-corrected chi connectivity index (χ4v) is 2.97. The van der Waals surface area contributed by atoms with E-state index in [4.69, 9.17) is 5.73 Å². The zero-order valence-electron chi connectivity index (χ0n) is 14.9. The Bertz CT molecular complexity index is 775. The molecule has 0 radical (unpaired) electrons. The van der Waals surface area contributed by atoms with E-state index in [1.54, 1.807) is 6.20 Å². The average molecular weight is 373 g/mol. The van der Waals surface area contributed by atoms with Gasteiger partial charge in [0.05, 0.1) is 17.9 Å². The summed E-state index contributed by atoms with van der Waals surface area (Å²) in [6.45, 7) is 2.13. The molecule has 0 amide bonds. The molecule has 0 unspecified atom stereocenters. The van der Waals surface area contributed by atoms with Crippen LogP contribution in [-0.2, 0) is 6.42 Å². The van der Waals surface area contributed by atoms with Gasteiger partial charge in [-0.15, -0.1) is 12.4 Å². The Balaban J connectivity index is 0.00000243. The Kier molecular flexibility index (Phi) is 7.26. The van der Waals surface area contributed by atoms with Gasteiger partial charge in [0.2, 0.25) is 5.95 Å². The molecule has 1 aromatic heterocycles. The van der Waals surface area contributed by atoms with Crippen molar-refractivity contribution >= 4 is 24.2 Å². The fraction of sp³-hybridized carbons (Fsp3) is 0.400. The van der Waals surface area contributed by atoms with Crippen molar-refractivity contribution in [2.75, 3.05) is 11.1 Å². The first-order valence-electron chi connectivity index (χ1n) is 8.82. The van der Waals surface area contributed by atoms with Crippen molar-refractivity contribution in [1.29, 1.82) is 0 Å². The number of hydrogen-bond acceptors (Lipinski definition) is 5. The first-order chi connectivity index (χ1) is 12.1. The summed E-state index contributed by atoms with van der Waals surface area (Å²) >= 11 is 0. The topological polar surface area (TPSA) is 84.1 Å². The Labute approximate surface area is 160 Å². The molecule has 0 spiro atoms. The van der Waals surface area contributed by atoms with E-state index in [1.807, 2.05) is 12.1 Å². The van der Waals surface area contributed by atoms with Crippen LogP contribution in [0.5, 0.6) is 0 Å². The van der Waals surface area contributed by atoms with Crippen LogP contribution in [0.25, 0.3) is 0 Å². The van der Waals surface area contributed by atoms with E-state index in [1.165, 1.54) is 5.56 Å². The second-order valence-corrected chi connectivity index (χ2v) is 6.44. The lowest BCUT2D eigenvalue weighted by molar-refractivity contribution is 0.126. The maximum Gasteiger partial charge on any atom is 0.222 e. The van der Waals surface area contributed by atoms with Crippen molar-refractivity contribution in [3.05, 3.63) is 47.2 Å². The molecule has 1 saturated carbocycles. The highest BCUT2D eigenvalue weighted by molar-refractivity contribution is 5.85. The highest BCUT2D eigenvalue weighted by Gasteiger charge is 2.20. The largest absolute Gasteiger partial charge is 0.393 e. The van der Waals surface area contributed by atoms with Crippen molar-refractivity contribution in [3.8, 4) is 11.8 Å². The monoisotopic (exact) mass is 372 g/mol. The molecule has 0 aliphatic heterocycles. The molecule has 2 aromatic rings. The number of benzene rings is 1. The lowest BCUT2D eigenvalue weighted by Gasteiger charge is -2.26. The summed E-state index contributed by atoms with van der Waals surface area (Å²) < 4.78 is 0. The second kappa shape index (κ2) is 9.42. The third-order valence-electron chi connectivity index (χ3n) is 4.55. The van der Waals surface area contributed by atoms with Gasteiger partial charge in [0, 0.05) is 11.6 Å². The van der Waals surface area contributed by atoms with E-state index < -0.39 is 0 Å². The molecule has 3 rings (SSSR count). The number of nitrogens with one attached hydrogen (secondary N) is 1. The number of hydrogen-bond donors (Lipinski definition) is 3. The minimum absolute atomic E-state index is 0. The summed E-state index contributed by atoms with van der Waals surface area (Å²) in [5, 5.41) is 13.1. The maximum absolute atomic E-state index is 9.64. The van der Waals surface area contributed by atoms with Crippen LogP contribution in [0.15, 0.2) is 30.5 Å². The molecular formula is C20H25ClN4O. The Hall–Kier alpha value is -2.29. The average Bonchev–Trinajstić information content (AvgIpc) is 2.63. The number of anilines is 2. The third-order valence-corrected chi connectivity index (χ3v) is 4.55. The zero-order valence-corrected chi connectivity index (χ0v) is 15.7. The maximum atomic E-state index is 9.64. The molecule has 1 aliphatic carbocycles. The van der Waals surface area contributed by atoms with Gasteiger partial charge < -0.3 is 16.2 Å². The highest BCUT2D eigenvalue weighted by atomic mass is 35.5. The third kappa shape index (κ3) is 5.35. The van der Waals surface area contributed by atoms with Crippen LogP contribution in [0.4, 0.5) is 11.8 Å². The number of nitrogens with two attached hydrogens (primary N) is 1. The molecule has 0 atom stereocenters. The number of aromatic nitrogens is 2. The Morgan fingerprint density at radius 2 is 1.85 bits per heavy atom. The second-order valence-electron chi connectivity index (χ2n) is 6.44. The van der Waals surface area contributed by atoms with Gasteiger partial charge in [-0.3, -0.25) is 0 Å². The van der Waals surface area contributed by atoms with Gasteiger partial charge in [0.15, 0.2) is 0 Å². The number of halogens is 1. The van der Waals surface area contributed by atoms with Crippen molar-refractivity contribution in [2.45, 2.75) is 51.2 Å². The van der Waals surface area contributed by atoms with Crippen LogP contribution in [0.2, 0.25) is 0 Å². The van der Waals surface area contributed by atoms with Gasteiger partial charge >= 0.3 is 0 Å². The fourth-order valence-electron chi connectivity index (χ4n) is 2.97. The molecule has 1 aromatic carbocycles. The number of aryl methyl sites for hydroxylation is 1. The molecule has 1 aliphatic rings. The summed E-state index contributed by atoms with van der Waals surface area (Å²) in [7, 11) is 0. The molecular weight excluding hydrogens is 348 g/mol. The summed E-state index contributed by atoms with van der Waals surface area (Å²) in [4.78, 5) is 8.39. The van der Waals surface area contributed by atoms with Crippen molar-refractivity contribution in [2.24, 2.45) is 0 Å². The number of aliphatic hydroxyl groups is 1. The van der Waals surface area contributed by atoms with E-state index in [9.17, 15) is 5.11 Å². The molecule has 5 nitrogen and oxygen atoms in total. The standard InChI is InChI=1S/C20H24N4O.ClH/c1-2-14-3-5-15(6-4-14)7-8-16-13-22-20(21)24-19(16)23-17-9-11-18(25)12-10-17;/h3-6,13,17-18,25H,2,9-12H2,1H3,(H3,21,22,23,24);1H/t17-,18-;. The zero-order chi connectivity index (χ0) is 17.6. The minimum atomic E-state index is -0.182. The van der Waals surface area contributed by atoms with E-state index in [0.29, 0.717) is 5.82 Å². The van der Waals surface area contributed by atoms with Crippen LogP contribution in [-0.4, -0.2) is 27.2 Å². The van der Waals surface area contributed by atoms with Gasteiger partial charge in [0.1, 0.15) is 5.82 Å². The molecule has 1 heterocycles. The van der Waals surface area contributed by atoms with Crippen LogP contribution in [0.1, 0.15) is 49.3 Å². The van der Waals surface area contributed by atoms with Crippen LogP contribution in [0.3, 0.4) is 0 Å². The summed E-state index contributed by atoms with van der Waals surface area (Å²) in [5.74, 6) is 7.22. The Morgan fingerprint density at radius 1 is 1.15 bits per heavy atom. The molecule has 0 saturated heterocycles. The quantitative estimate of drug-likeness (QED) is 0.721.